The summed E-state index contributed by atoms with van der Waals surface area (Å²) in [4.78, 5) is 28.5. The molecule has 1 aromatic carbocycles. The number of furan rings is 1. The molecule has 1 saturated heterocycles. The Hall–Kier alpha value is -3.26. The van der Waals surface area contributed by atoms with Crippen molar-refractivity contribution in [3.8, 4) is 5.75 Å². The summed E-state index contributed by atoms with van der Waals surface area (Å²) in [7, 11) is 0. The molecule has 0 bridgehead atoms. The highest BCUT2D eigenvalue weighted by Crippen LogP contribution is 2.21. The highest BCUT2D eigenvalue weighted by Gasteiger charge is 2.27. The Morgan fingerprint density at radius 1 is 1.10 bits per heavy atom. The molecule has 2 aromatic heterocycles. The molecule has 4 rings (SSSR count). The summed E-state index contributed by atoms with van der Waals surface area (Å²) in [5.41, 5.74) is 1.27. The average molecular weight is 429 g/mol. The number of amides is 2. The minimum Gasteiger partial charge on any atom is -0.471 e. The Kier molecular flexibility index (Phi) is 5.76. The lowest BCUT2D eigenvalue weighted by Gasteiger charge is -2.33. The van der Waals surface area contributed by atoms with Gasteiger partial charge in [0, 0.05) is 37.4 Å². The topological polar surface area (TPSA) is 80.8 Å². The molecular weight excluding hydrogens is 408 g/mol. The summed E-state index contributed by atoms with van der Waals surface area (Å²) in [6.45, 7) is 3.87. The first-order valence-corrected chi connectivity index (χ1v) is 9.93. The van der Waals surface area contributed by atoms with Crippen LogP contribution in [0.1, 0.15) is 26.6 Å². The van der Waals surface area contributed by atoms with Crippen LogP contribution < -0.4 is 4.74 Å². The number of aromatic nitrogens is 2. The first kappa shape index (κ1) is 20.0. The zero-order chi connectivity index (χ0) is 21.1. The first-order valence-electron chi connectivity index (χ1n) is 9.56. The maximum atomic E-state index is 12.7. The van der Waals surface area contributed by atoms with Crippen LogP contribution in [0.2, 0.25) is 5.02 Å². The van der Waals surface area contributed by atoms with Crippen LogP contribution in [0.3, 0.4) is 0 Å². The number of aryl methyl sites for hydroxylation is 1. The predicted octanol–water partition coefficient (Wildman–Crippen LogP) is 3.07. The zero-order valence-electron chi connectivity index (χ0n) is 16.5. The van der Waals surface area contributed by atoms with Crippen LogP contribution in [0.25, 0.3) is 0 Å². The monoisotopic (exact) mass is 428 g/mol. The van der Waals surface area contributed by atoms with Gasteiger partial charge in [-0.25, -0.2) is 4.68 Å². The van der Waals surface area contributed by atoms with Crippen molar-refractivity contribution in [1.82, 2.24) is 19.6 Å². The third-order valence-corrected chi connectivity index (χ3v) is 5.36. The van der Waals surface area contributed by atoms with Gasteiger partial charge in [-0.05, 0) is 48.9 Å². The normalized spacial score (nSPS) is 14.1. The molecule has 9 heteroatoms. The van der Waals surface area contributed by atoms with E-state index in [2.05, 4.69) is 5.10 Å². The maximum Gasteiger partial charge on any atom is 0.289 e. The second-order valence-corrected chi connectivity index (χ2v) is 7.39. The first-order chi connectivity index (χ1) is 14.5. The highest BCUT2D eigenvalue weighted by molar-refractivity contribution is 6.31. The minimum absolute atomic E-state index is 0.161. The molecule has 0 N–H and O–H groups in total. The summed E-state index contributed by atoms with van der Waals surface area (Å²) in [6.07, 6.45) is 3.17. The van der Waals surface area contributed by atoms with E-state index in [0.29, 0.717) is 48.4 Å². The lowest BCUT2D eigenvalue weighted by molar-refractivity contribution is 0.0514. The van der Waals surface area contributed by atoms with Gasteiger partial charge in [-0.15, -0.1) is 0 Å². The van der Waals surface area contributed by atoms with Crippen LogP contribution in [0, 0.1) is 6.92 Å². The van der Waals surface area contributed by atoms with E-state index in [1.165, 1.54) is 6.26 Å². The van der Waals surface area contributed by atoms with Crippen LogP contribution in [0.15, 0.2) is 53.3 Å². The molecule has 2 amide bonds. The molecule has 8 nitrogen and oxygen atoms in total. The molecular formula is C21H21ClN4O4. The number of benzene rings is 1. The van der Waals surface area contributed by atoms with Crippen molar-refractivity contribution >= 4 is 23.4 Å². The average Bonchev–Trinajstić information content (AvgIpc) is 3.46. The van der Waals surface area contributed by atoms with Crippen LogP contribution in [-0.4, -0.2) is 57.6 Å². The van der Waals surface area contributed by atoms with Crippen molar-refractivity contribution in [3.63, 3.8) is 0 Å². The van der Waals surface area contributed by atoms with Crippen molar-refractivity contribution < 1.29 is 18.7 Å². The number of carbonyl (C=O) groups excluding carboxylic acids is 2. The fraction of sp³-hybridized carbons (Fsp3) is 0.286. The van der Waals surface area contributed by atoms with Crippen LogP contribution in [-0.2, 0) is 6.73 Å². The SMILES string of the molecule is Cc1cc(OCn2ccc(C(=O)N3CCN(C(=O)c4ccco4)CC3)n2)ccc1Cl. The van der Waals surface area contributed by atoms with Crippen molar-refractivity contribution in [1.29, 1.82) is 0 Å². The molecule has 0 saturated carbocycles. The molecule has 0 unspecified atom stereocenters. The van der Waals surface area contributed by atoms with E-state index < -0.39 is 0 Å². The van der Waals surface area contributed by atoms with E-state index >= 15 is 0 Å². The number of carbonyl (C=O) groups is 2. The number of hydrogen-bond acceptors (Lipinski definition) is 5. The Bertz CT molecular complexity index is 1040. The number of ether oxygens (including phenoxy) is 1. The quantitative estimate of drug-likeness (QED) is 0.623. The number of rotatable bonds is 5. The highest BCUT2D eigenvalue weighted by atomic mass is 35.5. The maximum absolute atomic E-state index is 12.7. The van der Waals surface area contributed by atoms with Crippen molar-refractivity contribution in [3.05, 3.63) is 70.9 Å². The summed E-state index contributed by atoms with van der Waals surface area (Å²) >= 11 is 6.02. The summed E-state index contributed by atoms with van der Waals surface area (Å²) in [5.74, 6) is 0.661. The van der Waals surface area contributed by atoms with Crippen molar-refractivity contribution in [2.75, 3.05) is 26.2 Å². The van der Waals surface area contributed by atoms with E-state index in [1.54, 1.807) is 51.0 Å². The van der Waals surface area contributed by atoms with Gasteiger partial charge in [0.2, 0.25) is 0 Å². The molecule has 1 aliphatic rings. The molecule has 0 spiro atoms. The third-order valence-electron chi connectivity index (χ3n) is 4.94. The second kappa shape index (κ2) is 8.62. The smallest absolute Gasteiger partial charge is 0.289 e. The number of halogens is 1. The van der Waals surface area contributed by atoms with Gasteiger partial charge in [0.15, 0.2) is 18.2 Å². The predicted molar refractivity (Wildman–Crippen MR) is 110 cm³/mol. The van der Waals surface area contributed by atoms with Crippen molar-refractivity contribution in [2.45, 2.75) is 13.7 Å². The summed E-state index contributed by atoms with van der Waals surface area (Å²) in [6, 6.07) is 10.4. The minimum atomic E-state index is -0.166. The second-order valence-electron chi connectivity index (χ2n) is 6.99. The molecule has 156 valence electrons. The lowest BCUT2D eigenvalue weighted by atomic mass is 10.2. The zero-order valence-corrected chi connectivity index (χ0v) is 17.2. The van der Waals surface area contributed by atoms with E-state index in [4.69, 9.17) is 20.8 Å². The van der Waals surface area contributed by atoms with Gasteiger partial charge in [-0.2, -0.15) is 5.10 Å². The van der Waals surface area contributed by atoms with Gasteiger partial charge in [-0.1, -0.05) is 11.6 Å². The van der Waals surface area contributed by atoms with E-state index in [1.807, 2.05) is 13.0 Å². The number of piperazine rings is 1. The number of hydrogen-bond donors (Lipinski definition) is 0. The van der Waals surface area contributed by atoms with E-state index in [9.17, 15) is 9.59 Å². The Morgan fingerprint density at radius 3 is 2.50 bits per heavy atom. The Labute approximate surface area is 178 Å². The van der Waals surface area contributed by atoms with Gasteiger partial charge in [0.05, 0.1) is 6.26 Å². The van der Waals surface area contributed by atoms with Gasteiger partial charge >= 0.3 is 0 Å². The van der Waals surface area contributed by atoms with Crippen LogP contribution in [0.5, 0.6) is 5.75 Å². The van der Waals surface area contributed by atoms with Crippen LogP contribution in [0.4, 0.5) is 0 Å². The molecule has 0 radical (unpaired) electrons. The Morgan fingerprint density at radius 2 is 1.83 bits per heavy atom. The van der Waals surface area contributed by atoms with Crippen LogP contribution >= 0.6 is 11.6 Å². The molecule has 3 aromatic rings. The van der Waals surface area contributed by atoms with Gasteiger partial charge in [-0.3, -0.25) is 9.59 Å². The fourth-order valence-corrected chi connectivity index (χ4v) is 3.34. The molecule has 3 heterocycles. The Balaban J connectivity index is 1.31. The lowest BCUT2D eigenvalue weighted by Crippen LogP contribution is -2.50. The van der Waals surface area contributed by atoms with E-state index in [-0.39, 0.29) is 18.5 Å². The van der Waals surface area contributed by atoms with Gasteiger partial charge < -0.3 is 19.0 Å². The van der Waals surface area contributed by atoms with Gasteiger partial charge in [0.25, 0.3) is 11.8 Å². The largest absolute Gasteiger partial charge is 0.471 e. The third kappa shape index (κ3) is 4.33. The van der Waals surface area contributed by atoms with E-state index in [0.717, 1.165) is 5.56 Å². The summed E-state index contributed by atoms with van der Waals surface area (Å²) < 4.78 is 12.4. The molecule has 1 aliphatic heterocycles. The molecule has 30 heavy (non-hydrogen) atoms. The number of nitrogens with zero attached hydrogens (tertiary/aromatic N) is 4. The standard InChI is InChI=1S/C21H21ClN4O4/c1-15-13-16(4-5-17(15)22)30-14-26-7-6-18(23-26)20(27)24-8-10-25(11-9-24)21(28)19-3-2-12-29-19/h2-7,12-13H,8-11,14H2,1H3. The van der Waals surface area contributed by atoms with Crippen molar-refractivity contribution in [2.24, 2.45) is 0 Å². The molecule has 0 atom stereocenters. The van der Waals surface area contributed by atoms with Gasteiger partial charge in [0.1, 0.15) is 5.75 Å². The fourth-order valence-electron chi connectivity index (χ4n) is 3.23. The molecule has 1 fully saturated rings. The summed E-state index contributed by atoms with van der Waals surface area (Å²) in [5, 5.41) is 4.99. The molecule has 0 aliphatic carbocycles.